The molecule has 2 unspecified atom stereocenters. The van der Waals surface area contributed by atoms with Gasteiger partial charge in [-0.3, -0.25) is 0 Å². The Labute approximate surface area is 134 Å². The summed E-state index contributed by atoms with van der Waals surface area (Å²) in [7, 11) is -3.14. The zero-order valence-electron chi connectivity index (χ0n) is 13.6. The highest BCUT2D eigenvalue weighted by Crippen LogP contribution is 2.30. The summed E-state index contributed by atoms with van der Waals surface area (Å²) in [6.45, 7) is 5.83. The number of rotatable bonds is 6. The number of hydrogen-bond donors (Lipinski definition) is 2. The third kappa shape index (κ3) is 5.14. The zero-order chi connectivity index (χ0) is 16.2. The summed E-state index contributed by atoms with van der Waals surface area (Å²) in [5, 5.41) is 3.50. The highest BCUT2D eigenvalue weighted by Gasteiger charge is 2.21. The van der Waals surface area contributed by atoms with Crippen LogP contribution in [-0.2, 0) is 16.6 Å². The SMILES string of the molecule is CC1=CCCC(C)C1CNc1ccc(CNS(C)(=O)=O)cc1. The lowest BCUT2D eigenvalue weighted by Gasteiger charge is -2.29. The van der Waals surface area contributed by atoms with Gasteiger partial charge in [0.2, 0.25) is 10.0 Å². The fourth-order valence-corrected chi connectivity index (χ4v) is 3.35. The van der Waals surface area contributed by atoms with Crippen molar-refractivity contribution < 1.29 is 8.42 Å². The van der Waals surface area contributed by atoms with Gasteiger partial charge in [-0.05, 0) is 49.3 Å². The van der Waals surface area contributed by atoms with E-state index in [-0.39, 0.29) is 0 Å². The molecule has 2 atom stereocenters. The molecular formula is C17H26N2O2S. The standard InChI is InChI=1S/C17H26N2O2S/c1-13-5-4-6-14(2)17(13)12-18-16-9-7-15(8-10-16)11-19-22(3,20)21/h5,7-10,14,17-19H,4,6,11-12H2,1-3H3. The van der Waals surface area contributed by atoms with Crippen LogP contribution in [0.25, 0.3) is 0 Å². The van der Waals surface area contributed by atoms with Crippen molar-refractivity contribution in [3.63, 3.8) is 0 Å². The third-order valence-electron chi connectivity index (χ3n) is 4.38. The number of hydrogen-bond acceptors (Lipinski definition) is 3. The minimum Gasteiger partial charge on any atom is -0.384 e. The fraction of sp³-hybridized carbons (Fsp3) is 0.529. The van der Waals surface area contributed by atoms with Crippen LogP contribution in [0.3, 0.4) is 0 Å². The van der Waals surface area contributed by atoms with Gasteiger partial charge in [-0.15, -0.1) is 0 Å². The average Bonchev–Trinajstić information content (AvgIpc) is 2.45. The van der Waals surface area contributed by atoms with Crippen LogP contribution in [0.5, 0.6) is 0 Å². The number of anilines is 1. The molecule has 4 nitrogen and oxygen atoms in total. The molecule has 5 heteroatoms. The van der Waals surface area contributed by atoms with E-state index in [1.54, 1.807) is 0 Å². The number of benzene rings is 1. The first-order valence-electron chi connectivity index (χ1n) is 7.79. The van der Waals surface area contributed by atoms with Crippen molar-refractivity contribution in [2.24, 2.45) is 11.8 Å². The van der Waals surface area contributed by atoms with E-state index in [0.29, 0.717) is 12.5 Å². The van der Waals surface area contributed by atoms with Crippen LogP contribution in [-0.4, -0.2) is 21.2 Å². The Morgan fingerprint density at radius 1 is 1.23 bits per heavy atom. The van der Waals surface area contributed by atoms with E-state index in [4.69, 9.17) is 0 Å². The Bertz CT molecular complexity index is 621. The van der Waals surface area contributed by atoms with Crippen molar-refractivity contribution in [2.45, 2.75) is 33.2 Å². The van der Waals surface area contributed by atoms with Crippen LogP contribution in [0.1, 0.15) is 32.3 Å². The highest BCUT2D eigenvalue weighted by atomic mass is 32.2. The lowest BCUT2D eigenvalue weighted by molar-refractivity contribution is 0.381. The monoisotopic (exact) mass is 322 g/mol. The molecule has 1 aliphatic rings. The van der Waals surface area contributed by atoms with Gasteiger partial charge in [-0.25, -0.2) is 13.1 Å². The normalized spacial score (nSPS) is 22.2. The molecule has 1 aromatic carbocycles. The van der Waals surface area contributed by atoms with Crippen molar-refractivity contribution in [3.05, 3.63) is 41.5 Å². The maximum Gasteiger partial charge on any atom is 0.209 e. The molecule has 0 radical (unpaired) electrons. The predicted molar refractivity (Wildman–Crippen MR) is 92.3 cm³/mol. The van der Waals surface area contributed by atoms with Crippen LogP contribution in [0.4, 0.5) is 5.69 Å². The van der Waals surface area contributed by atoms with E-state index in [9.17, 15) is 8.42 Å². The molecule has 0 bridgehead atoms. The van der Waals surface area contributed by atoms with Crippen molar-refractivity contribution in [1.82, 2.24) is 4.72 Å². The van der Waals surface area contributed by atoms with Crippen LogP contribution >= 0.6 is 0 Å². The summed E-state index contributed by atoms with van der Waals surface area (Å²) in [6.07, 6.45) is 5.99. The van der Waals surface area contributed by atoms with E-state index >= 15 is 0 Å². The van der Waals surface area contributed by atoms with Crippen molar-refractivity contribution in [3.8, 4) is 0 Å². The Morgan fingerprint density at radius 3 is 2.50 bits per heavy atom. The molecule has 0 heterocycles. The number of allylic oxidation sites excluding steroid dienone is 1. The molecule has 122 valence electrons. The van der Waals surface area contributed by atoms with Crippen molar-refractivity contribution in [2.75, 3.05) is 18.1 Å². The minimum absolute atomic E-state index is 0.334. The molecule has 0 spiro atoms. The summed E-state index contributed by atoms with van der Waals surface area (Å²) >= 11 is 0. The molecular weight excluding hydrogens is 296 g/mol. The Kier molecular flexibility index (Phi) is 5.64. The van der Waals surface area contributed by atoms with Gasteiger partial charge in [0.05, 0.1) is 6.26 Å². The van der Waals surface area contributed by atoms with Crippen LogP contribution < -0.4 is 10.0 Å². The van der Waals surface area contributed by atoms with Crippen molar-refractivity contribution >= 4 is 15.7 Å². The van der Waals surface area contributed by atoms with Gasteiger partial charge >= 0.3 is 0 Å². The second-order valence-corrected chi connectivity index (χ2v) is 8.11. The van der Waals surface area contributed by atoms with Gasteiger partial charge in [0.1, 0.15) is 0 Å². The maximum atomic E-state index is 11.1. The van der Waals surface area contributed by atoms with Gasteiger partial charge < -0.3 is 5.32 Å². The molecule has 22 heavy (non-hydrogen) atoms. The Balaban J connectivity index is 1.89. The van der Waals surface area contributed by atoms with Gasteiger partial charge in [0.25, 0.3) is 0 Å². The van der Waals surface area contributed by atoms with Crippen LogP contribution in [0, 0.1) is 11.8 Å². The molecule has 0 aromatic heterocycles. The summed E-state index contributed by atoms with van der Waals surface area (Å²) in [5.41, 5.74) is 3.52. The maximum absolute atomic E-state index is 11.1. The summed E-state index contributed by atoms with van der Waals surface area (Å²) in [4.78, 5) is 0. The molecule has 0 amide bonds. The van der Waals surface area contributed by atoms with E-state index in [1.807, 2.05) is 24.3 Å². The summed E-state index contributed by atoms with van der Waals surface area (Å²) < 4.78 is 24.7. The average molecular weight is 322 g/mol. The first-order valence-corrected chi connectivity index (χ1v) is 9.68. The molecule has 2 rings (SSSR count). The van der Waals surface area contributed by atoms with E-state index in [2.05, 4.69) is 30.0 Å². The molecule has 0 saturated carbocycles. The Hall–Kier alpha value is -1.33. The van der Waals surface area contributed by atoms with Gasteiger partial charge in [-0.2, -0.15) is 0 Å². The minimum atomic E-state index is -3.14. The summed E-state index contributed by atoms with van der Waals surface area (Å²) in [6, 6.07) is 7.92. The molecule has 0 fully saturated rings. The van der Waals surface area contributed by atoms with Gasteiger partial charge in [0, 0.05) is 18.8 Å². The first kappa shape index (κ1) is 17.0. The van der Waals surface area contributed by atoms with Gasteiger partial charge in [0.15, 0.2) is 0 Å². The third-order valence-corrected chi connectivity index (χ3v) is 5.05. The zero-order valence-corrected chi connectivity index (χ0v) is 14.4. The number of nitrogens with one attached hydrogen (secondary N) is 2. The van der Waals surface area contributed by atoms with Gasteiger partial charge in [-0.1, -0.05) is 30.7 Å². The van der Waals surface area contributed by atoms with E-state index in [1.165, 1.54) is 24.7 Å². The van der Waals surface area contributed by atoms with E-state index in [0.717, 1.165) is 23.7 Å². The second kappa shape index (κ2) is 7.29. The Morgan fingerprint density at radius 2 is 1.91 bits per heavy atom. The molecule has 1 aliphatic carbocycles. The summed E-state index contributed by atoms with van der Waals surface area (Å²) in [5.74, 6) is 1.32. The van der Waals surface area contributed by atoms with Crippen LogP contribution in [0.2, 0.25) is 0 Å². The first-order chi connectivity index (χ1) is 10.3. The quantitative estimate of drug-likeness (QED) is 0.791. The number of sulfonamides is 1. The largest absolute Gasteiger partial charge is 0.384 e. The fourth-order valence-electron chi connectivity index (χ4n) is 2.92. The molecule has 0 saturated heterocycles. The van der Waals surface area contributed by atoms with Crippen molar-refractivity contribution in [1.29, 1.82) is 0 Å². The molecule has 1 aromatic rings. The topological polar surface area (TPSA) is 58.2 Å². The predicted octanol–water partition coefficient (Wildman–Crippen LogP) is 3.14. The molecule has 0 aliphatic heterocycles. The molecule has 2 N–H and O–H groups in total. The smallest absolute Gasteiger partial charge is 0.209 e. The lowest BCUT2D eigenvalue weighted by atomic mass is 9.80. The lowest BCUT2D eigenvalue weighted by Crippen LogP contribution is -2.24. The highest BCUT2D eigenvalue weighted by molar-refractivity contribution is 7.88. The van der Waals surface area contributed by atoms with Crippen LogP contribution in [0.15, 0.2) is 35.9 Å². The van der Waals surface area contributed by atoms with E-state index < -0.39 is 10.0 Å². The second-order valence-electron chi connectivity index (χ2n) is 6.28.